The van der Waals surface area contributed by atoms with Crippen LogP contribution in [-0.2, 0) is 16.0 Å². The molecule has 41 heavy (non-hydrogen) atoms. The standard InChI is InChI=1S/C33H44N2O6/c1-6-10-18-40-27-15-12-23(21-28(27)39-9-4)30-29(31(36)24-13-14-26-25(20-24)19-22(5)41-26)32(37)33(38)35(30)17-11-16-34(7-2)8-3/h12-15,20-22,30,36H,6-11,16-19H2,1-5H3/t22-,30+/m1/s1. The van der Waals surface area contributed by atoms with E-state index in [1.165, 1.54) is 0 Å². The number of rotatable bonds is 14. The Labute approximate surface area is 243 Å². The molecular weight excluding hydrogens is 520 g/mol. The highest BCUT2D eigenvalue weighted by atomic mass is 16.5. The van der Waals surface area contributed by atoms with Crippen LogP contribution in [0.4, 0.5) is 0 Å². The van der Waals surface area contributed by atoms with Gasteiger partial charge in [0.25, 0.3) is 11.7 Å². The van der Waals surface area contributed by atoms with Crippen LogP contribution in [0, 0.1) is 0 Å². The van der Waals surface area contributed by atoms with Gasteiger partial charge >= 0.3 is 0 Å². The molecule has 0 saturated carbocycles. The van der Waals surface area contributed by atoms with Crippen molar-refractivity contribution < 1.29 is 28.9 Å². The van der Waals surface area contributed by atoms with Crippen LogP contribution in [0.3, 0.4) is 0 Å². The molecule has 1 N–H and O–H groups in total. The predicted octanol–water partition coefficient (Wildman–Crippen LogP) is 5.74. The summed E-state index contributed by atoms with van der Waals surface area (Å²) >= 11 is 0. The number of ether oxygens (including phenoxy) is 3. The van der Waals surface area contributed by atoms with E-state index < -0.39 is 17.7 Å². The third-order valence-electron chi connectivity index (χ3n) is 7.82. The molecule has 1 fully saturated rings. The number of Topliss-reactive ketones (excluding diaryl/α,β-unsaturated/α-hetero) is 1. The molecule has 8 heteroatoms. The van der Waals surface area contributed by atoms with E-state index in [2.05, 4.69) is 25.7 Å². The smallest absolute Gasteiger partial charge is 0.295 e. The molecule has 0 aromatic heterocycles. The van der Waals surface area contributed by atoms with E-state index in [4.69, 9.17) is 14.2 Å². The molecule has 2 aliphatic rings. The minimum absolute atomic E-state index is 0.0498. The van der Waals surface area contributed by atoms with Crippen LogP contribution in [0.25, 0.3) is 5.76 Å². The van der Waals surface area contributed by atoms with Gasteiger partial charge in [0.15, 0.2) is 11.5 Å². The molecule has 0 bridgehead atoms. The molecule has 0 spiro atoms. The lowest BCUT2D eigenvalue weighted by atomic mass is 9.94. The van der Waals surface area contributed by atoms with Crippen molar-refractivity contribution in [3.05, 3.63) is 58.7 Å². The Morgan fingerprint density at radius 2 is 1.80 bits per heavy atom. The number of unbranched alkanes of at least 4 members (excludes halogenated alkanes) is 1. The van der Waals surface area contributed by atoms with Gasteiger partial charge in [-0.3, -0.25) is 9.59 Å². The Kier molecular flexibility index (Phi) is 10.3. The van der Waals surface area contributed by atoms with Gasteiger partial charge in [0.05, 0.1) is 24.8 Å². The highest BCUT2D eigenvalue weighted by molar-refractivity contribution is 6.46. The molecule has 0 radical (unpaired) electrons. The summed E-state index contributed by atoms with van der Waals surface area (Å²) in [5.74, 6) is 0.497. The van der Waals surface area contributed by atoms with Crippen molar-refractivity contribution in [1.29, 1.82) is 0 Å². The second-order valence-electron chi connectivity index (χ2n) is 10.7. The first-order chi connectivity index (χ1) is 19.8. The van der Waals surface area contributed by atoms with Crippen LogP contribution in [0.15, 0.2) is 42.0 Å². The van der Waals surface area contributed by atoms with Crippen LogP contribution in [0.5, 0.6) is 17.2 Å². The number of hydrogen-bond acceptors (Lipinski definition) is 7. The van der Waals surface area contributed by atoms with E-state index in [9.17, 15) is 14.7 Å². The summed E-state index contributed by atoms with van der Waals surface area (Å²) in [5, 5.41) is 11.6. The van der Waals surface area contributed by atoms with Crippen molar-refractivity contribution in [3.63, 3.8) is 0 Å². The van der Waals surface area contributed by atoms with Crippen molar-refractivity contribution in [1.82, 2.24) is 9.80 Å². The summed E-state index contributed by atoms with van der Waals surface area (Å²) < 4.78 is 17.7. The third-order valence-corrected chi connectivity index (χ3v) is 7.82. The largest absolute Gasteiger partial charge is 0.507 e. The fourth-order valence-electron chi connectivity index (χ4n) is 5.60. The SMILES string of the molecule is CCCCOc1ccc([C@H]2C(=C(O)c3ccc4c(c3)C[C@@H](C)O4)C(=O)C(=O)N2CCCN(CC)CC)cc1OCC. The van der Waals surface area contributed by atoms with Gasteiger partial charge in [0.1, 0.15) is 17.6 Å². The van der Waals surface area contributed by atoms with Crippen LogP contribution >= 0.6 is 0 Å². The number of benzene rings is 2. The maximum atomic E-state index is 13.6. The summed E-state index contributed by atoms with van der Waals surface area (Å²) in [4.78, 5) is 30.9. The average molecular weight is 565 g/mol. The second-order valence-corrected chi connectivity index (χ2v) is 10.7. The zero-order valence-corrected chi connectivity index (χ0v) is 25.1. The summed E-state index contributed by atoms with van der Waals surface area (Å²) in [6.45, 7) is 14.2. The molecule has 2 heterocycles. The number of carbonyl (C=O) groups excluding carboxylic acids is 2. The zero-order valence-electron chi connectivity index (χ0n) is 25.1. The van der Waals surface area contributed by atoms with Gasteiger partial charge in [0, 0.05) is 18.5 Å². The Bertz CT molecular complexity index is 1270. The summed E-state index contributed by atoms with van der Waals surface area (Å²) in [7, 11) is 0. The molecule has 2 atom stereocenters. The predicted molar refractivity (Wildman–Crippen MR) is 160 cm³/mol. The van der Waals surface area contributed by atoms with Crippen LogP contribution in [0.1, 0.15) is 76.6 Å². The number of likely N-dealkylation sites (tertiary alicyclic amines) is 1. The first-order valence-electron chi connectivity index (χ1n) is 15.0. The Morgan fingerprint density at radius 3 is 2.51 bits per heavy atom. The first kappa shape index (κ1) is 30.4. The van der Waals surface area contributed by atoms with E-state index in [1.807, 2.05) is 44.2 Å². The lowest BCUT2D eigenvalue weighted by molar-refractivity contribution is -0.140. The van der Waals surface area contributed by atoms with Gasteiger partial charge < -0.3 is 29.1 Å². The number of nitrogens with zero attached hydrogens (tertiary/aromatic N) is 2. The highest BCUT2D eigenvalue weighted by Gasteiger charge is 2.46. The Morgan fingerprint density at radius 1 is 1.02 bits per heavy atom. The van der Waals surface area contributed by atoms with Crippen molar-refractivity contribution in [2.75, 3.05) is 39.4 Å². The van der Waals surface area contributed by atoms with Gasteiger partial charge in [-0.2, -0.15) is 0 Å². The van der Waals surface area contributed by atoms with E-state index in [0.29, 0.717) is 48.8 Å². The Hall–Kier alpha value is -3.52. The van der Waals surface area contributed by atoms with Gasteiger partial charge in [-0.1, -0.05) is 33.3 Å². The number of amides is 1. The van der Waals surface area contributed by atoms with Crippen LogP contribution in [0.2, 0.25) is 0 Å². The minimum Gasteiger partial charge on any atom is -0.507 e. The number of carbonyl (C=O) groups is 2. The van der Waals surface area contributed by atoms with E-state index >= 15 is 0 Å². The molecular formula is C33H44N2O6. The Balaban J connectivity index is 1.76. The fraction of sp³-hybridized carbons (Fsp3) is 0.515. The van der Waals surface area contributed by atoms with Crippen molar-refractivity contribution >= 4 is 17.4 Å². The van der Waals surface area contributed by atoms with E-state index in [1.54, 1.807) is 11.0 Å². The van der Waals surface area contributed by atoms with E-state index in [-0.39, 0.29) is 17.4 Å². The minimum atomic E-state index is -0.751. The molecule has 0 unspecified atom stereocenters. The van der Waals surface area contributed by atoms with Crippen LogP contribution < -0.4 is 14.2 Å². The molecule has 2 aromatic carbocycles. The maximum absolute atomic E-state index is 13.6. The molecule has 4 rings (SSSR count). The topological polar surface area (TPSA) is 88.5 Å². The molecule has 1 amide bonds. The van der Waals surface area contributed by atoms with Gasteiger partial charge in [-0.25, -0.2) is 0 Å². The maximum Gasteiger partial charge on any atom is 0.295 e. The van der Waals surface area contributed by atoms with Crippen molar-refractivity contribution in [3.8, 4) is 17.2 Å². The summed E-state index contributed by atoms with van der Waals surface area (Å²) in [6, 6.07) is 10.2. The molecule has 2 aliphatic heterocycles. The van der Waals surface area contributed by atoms with Gasteiger partial charge in [-0.15, -0.1) is 0 Å². The quantitative estimate of drug-likeness (QED) is 0.135. The number of ketones is 1. The molecule has 222 valence electrons. The van der Waals surface area contributed by atoms with Crippen molar-refractivity contribution in [2.24, 2.45) is 0 Å². The second kappa shape index (κ2) is 13.9. The summed E-state index contributed by atoms with van der Waals surface area (Å²) in [6.07, 6.45) is 3.41. The average Bonchev–Trinajstić information content (AvgIpc) is 3.46. The highest BCUT2D eigenvalue weighted by Crippen LogP contribution is 2.43. The lowest BCUT2D eigenvalue weighted by Crippen LogP contribution is -2.33. The number of hydrogen-bond donors (Lipinski definition) is 1. The summed E-state index contributed by atoms with van der Waals surface area (Å²) in [5.41, 5.74) is 2.25. The number of fused-ring (bicyclic) bond motifs is 1. The number of aliphatic hydroxyl groups excluding tert-OH is 1. The monoisotopic (exact) mass is 564 g/mol. The molecule has 8 nitrogen and oxygen atoms in total. The van der Waals surface area contributed by atoms with Crippen LogP contribution in [-0.4, -0.2) is 72.1 Å². The normalized spacial score (nSPS) is 19.5. The third kappa shape index (κ3) is 6.70. The molecule has 2 aromatic rings. The number of aliphatic hydroxyl groups is 1. The molecule has 0 aliphatic carbocycles. The van der Waals surface area contributed by atoms with E-state index in [0.717, 1.165) is 50.2 Å². The van der Waals surface area contributed by atoms with Gasteiger partial charge in [0.2, 0.25) is 0 Å². The fourth-order valence-corrected chi connectivity index (χ4v) is 5.60. The molecule has 1 saturated heterocycles. The van der Waals surface area contributed by atoms with Crippen molar-refractivity contribution in [2.45, 2.75) is 72.4 Å². The first-order valence-corrected chi connectivity index (χ1v) is 15.0. The van der Waals surface area contributed by atoms with Gasteiger partial charge in [-0.05, 0) is 87.8 Å². The lowest BCUT2D eigenvalue weighted by Gasteiger charge is -2.27. The zero-order chi connectivity index (χ0) is 29.5.